The molecule has 5 heteroatoms. The van der Waals surface area contributed by atoms with Gasteiger partial charge in [-0.2, -0.15) is 0 Å². The number of fused-ring (bicyclic) bond motifs is 8. The van der Waals surface area contributed by atoms with E-state index in [2.05, 4.69) is 120 Å². The Morgan fingerprint density at radius 1 is 0.600 bits per heavy atom. The summed E-state index contributed by atoms with van der Waals surface area (Å²) in [6.07, 6.45) is 9.57. The molecule has 8 bridgehead atoms. The van der Waals surface area contributed by atoms with Crippen molar-refractivity contribution >= 4 is 58.1 Å². The average Bonchev–Trinajstić information content (AvgIpc) is 3.81. The quantitative estimate of drug-likeness (QED) is 0.215. The molecular weight excluding hydrogens is 508 g/mol. The van der Waals surface area contributed by atoms with Crippen LogP contribution in [0.3, 0.4) is 0 Å². The van der Waals surface area contributed by atoms with Gasteiger partial charge < -0.3 is 9.97 Å². The Hall–Kier alpha value is -4.61. The van der Waals surface area contributed by atoms with Crippen LogP contribution in [-0.2, 0) is 0 Å². The van der Waals surface area contributed by atoms with E-state index in [1.54, 1.807) is 0 Å². The largest absolute Gasteiger partial charge is 0.355 e. The van der Waals surface area contributed by atoms with Crippen molar-refractivity contribution in [1.82, 2.24) is 19.9 Å². The Balaban J connectivity index is 1.61. The van der Waals surface area contributed by atoms with Gasteiger partial charge in [0.25, 0.3) is 0 Å². The molecule has 2 aliphatic rings. The summed E-state index contributed by atoms with van der Waals surface area (Å²) in [5, 5.41) is 0. The zero-order chi connectivity index (χ0) is 26.9. The van der Waals surface area contributed by atoms with Gasteiger partial charge in [0.1, 0.15) is 0 Å². The van der Waals surface area contributed by atoms with Crippen LogP contribution in [0.2, 0.25) is 0 Å². The first-order chi connectivity index (χ1) is 19.8. The first-order valence-electron chi connectivity index (χ1n) is 13.6. The molecule has 2 aromatic carbocycles. The fraction of sp³-hybridized carbons (Fsp3) is 0.0857. The fourth-order valence-corrected chi connectivity index (χ4v) is 6.23. The van der Waals surface area contributed by atoms with Crippen molar-refractivity contribution in [3.05, 3.63) is 114 Å². The van der Waals surface area contributed by atoms with Crippen LogP contribution in [-0.4, -0.2) is 25.7 Å². The van der Waals surface area contributed by atoms with Crippen molar-refractivity contribution in [1.29, 1.82) is 0 Å². The summed E-state index contributed by atoms with van der Waals surface area (Å²) >= 11 is 1.85. The van der Waals surface area contributed by atoms with Crippen LogP contribution < -0.4 is 0 Å². The maximum atomic E-state index is 5.22. The molecular formula is C35H28N4S. The summed E-state index contributed by atoms with van der Waals surface area (Å²) in [6, 6.07) is 31.7. The molecule has 0 spiro atoms. The van der Waals surface area contributed by atoms with E-state index >= 15 is 0 Å². The molecule has 194 valence electrons. The van der Waals surface area contributed by atoms with E-state index in [1.165, 1.54) is 0 Å². The topological polar surface area (TPSA) is 57.4 Å². The number of aromatic amines is 2. The number of nitrogens with one attached hydrogen (secondary N) is 2. The molecule has 0 amide bonds. The maximum Gasteiger partial charge on any atom is 0.0794 e. The first-order valence-corrected chi connectivity index (χ1v) is 14.6. The highest BCUT2D eigenvalue weighted by molar-refractivity contribution is 7.99. The van der Waals surface area contributed by atoms with Crippen molar-refractivity contribution in [3.8, 4) is 22.3 Å². The number of aromatic nitrogens is 4. The molecule has 0 unspecified atom stereocenters. The molecule has 5 aromatic rings. The summed E-state index contributed by atoms with van der Waals surface area (Å²) in [6.45, 7) is 2.22. The Labute approximate surface area is 237 Å². The van der Waals surface area contributed by atoms with Gasteiger partial charge in [-0.3, -0.25) is 0 Å². The second-order valence-electron chi connectivity index (χ2n) is 9.89. The number of H-pyrrole nitrogens is 2. The number of thioether (sulfide) groups is 1. The Morgan fingerprint density at radius 3 is 1.93 bits per heavy atom. The van der Waals surface area contributed by atoms with E-state index < -0.39 is 0 Å². The highest BCUT2D eigenvalue weighted by Crippen LogP contribution is 2.35. The average molecular weight is 537 g/mol. The molecule has 7 rings (SSSR count). The zero-order valence-electron chi connectivity index (χ0n) is 22.2. The van der Waals surface area contributed by atoms with Crippen LogP contribution >= 0.6 is 11.8 Å². The summed E-state index contributed by atoms with van der Waals surface area (Å²) in [7, 11) is 0. The van der Waals surface area contributed by atoms with Gasteiger partial charge in [0.05, 0.1) is 33.2 Å². The van der Waals surface area contributed by atoms with Gasteiger partial charge in [0.2, 0.25) is 0 Å². The smallest absolute Gasteiger partial charge is 0.0794 e. The molecule has 0 saturated carbocycles. The van der Waals surface area contributed by atoms with Crippen molar-refractivity contribution in [2.45, 2.75) is 18.2 Å². The van der Waals surface area contributed by atoms with E-state index in [-0.39, 0.29) is 0 Å². The predicted molar refractivity (Wildman–Crippen MR) is 171 cm³/mol. The van der Waals surface area contributed by atoms with Crippen LogP contribution in [0.4, 0.5) is 0 Å². The van der Waals surface area contributed by atoms with Gasteiger partial charge in [-0.05, 0) is 77.9 Å². The Morgan fingerprint density at radius 2 is 1.20 bits per heavy atom. The minimum atomic E-state index is 0.913. The van der Waals surface area contributed by atoms with Crippen LogP contribution in [0.5, 0.6) is 0 Å². The number of benzene rings is 2. The lowest BCUT2D eigenvalue weighted by Crippen LogP contribution is -1.88. The van der Waals surface area contributed by atoms with Crippen LogP contribution in [0.15, 0.2) is 95.9 Å². The summed E-state index contributed by atoms with van der Waals surface area (Å²) in [4.78, 5) is 18.8. The minimum Gasteiger partial charge on any atom is -0.355 e. The van der Waals surface area contributed by atoms with Crippen LogP contribution in [0, 0.1) is 0 Å². The third kappa shape index (κ3) is 4.59. The molecule has 0 radical (unpaired) electrons. The lowest BCUT2D eigenvalue weighted by Gasteiger charge is -2.05. The standard InChI is InChI=1S/C35H28N4S/c1-2-21-40-35-31-19-17-29(38-31)33(23-9-5-3-6-10-23)27-15-13-25(36-27)22-26-14-16-28(37-26)34(24-11-7-4-8-12-24)30-18-20-32(35)39-30/h3-20,22,36,39H,2,21H2,1H3. The maximum absolute atomic E-state index is 5.22. The predicted octanol–water partition coefficient (Wildman–Crippen LogP) is 9.49. The van der Waals surface area contributed by atoms with E-state index in [0.29, 0.717) is 0 Å². The van der Waals surface area contributed by atoms with Crippen LogP contribution in [0.1, 0.15) is 36.1 Å². The molecule has 0 aliphatic carbocycles. The summed E-state index contributed by atoms with van der Waals surface area (Å²) in [5.41, 5.74) is 12.4. The molecule has 5 heterocycles. The second-order valence-corrected chi connectivity index (χ2v) is 11.0. The van der Waals surface area contributed by atoms with Crippen molar-refractivity contribution in [2.75, 3.05) is 5.75 Å². The van der Waals surface area contributed by atoms with Crippen molar-refractivity contribution in [2.24, 2.45) is 0 Å². The molecule has 0 atom stereocenters. The number of hydrogen-bond acceptors (Lipinski definition) is 3. The van der Waals surface area contributed by atoms with Crippen molar-refractivity contribution < 1.29 is 0 Å². The van der Waals surface area contributed by atoms with Gasteiger partial charge in [0.15, 0.2) is 0 Å². The fourth-order valence-electron chi connectivity index (χ4n) is 5.29. The van der Waals surface area contributed by atoms with Gasteiger partial charge in [-0.25, -0.2) is 9.97 Å². The highest BCUT2D eigenvalue weighted by Gasteiger charge is 2.15. The third-order valence-corrected chi connectivity index (χ3v) is 8.43. The van der Waals surface area contributed by atoms with Gasteiger partial charge in [-0.1, -0.05) is 67.6 Å². The van der Waals surface area contributed by atoms with Crippen LogP contribution in [0.25, 0.3) is 68.6 Å². The lowest BCUT2D eigenvalue weighted by atomic mass is 10.0. The molecule has 0 saturated heterocycles. The molecule has 2 N–H and O–H groups in total. The van der Waals surface area contributed by atoms with Gasteiger partial charge in [-0.15, -0.1) is 11.8 Å². The zero-order valence-corrected chi connectivity index (χ0v) is 23.0. The van der Waals surface area contributed by atoms with Gasteiger partial charge in [0, 0.05) is 27.7 Å². The normalized spacial score (nSPS) is 12.2. The summed E-state index contributed by atoms with van der Waals surface area (Å²) < 4.78 is 0. The van der Waals surface area contributed by atoms with E-state index in [4.69, 9.17) is 9.97 Å². The van der Waals surface area contributed by atoms with Gasteiger partial charge >= 0.3 is 0 Å². The molecule has 3 aromatic heterocycles. The van der Waals surface area contributed by atoms with E-state index in [1.807, 2.05) is 23.9 Å². The second kappa shape index (κ2) is 10.5. The molecule has 0 fully saturated rings. The van der Waals surface area contributed by atoms with E-state index in [0.717, 1.165) is 84.2 Å². The number of rotatable bonds is 5. The summed E-state index contributed by atoms with van der Waals surface area (Å²) in [5.74, 6) is 1.01. The van der Waals surface area contributed by atoms with Crippen molar-refractivity contribution in [3.63, 3.8) is 0 Å². The lowest BCUT2D eigenvalue weighted by molar-refractivity contribution is 1.10. The monoisotopic (exact) mass is 536 g/mol. The first kappa shape index (κ1) is 24.4. The molecule has 40 heavy (non-hydrogen) atoms. The SMILES string of the molecule is CCCSc1c2nc(c(-c3ccccc3)c3ccc(cc4nc(c(-c5ccccc5)c5ccc1[nH]5)C=C4)[nH]3)C=C2. The van der Waals surface area contributed by atoms with E-state index in [9.17, 15) is 0 Å². The minimum absolute atomic E-state index is 0.913. The molecule has 4 nitrogen and oxygen atoms in total. The Bertz CT molecular complexity index is 1890. The third-order valence-electron chi connectivity index (χ3n) is 7.10. The number of nitrogens with zero attached hydrogens (tertiary/aromatic N) is 2. The Kier molecular flexibility index (Phi) is 6.42. The molecule has 2 aliphatic heterocycles. The number of hydrogen-bond donors (Lipinski definition) is 2. The highest BCUT2D eigenvalue weighted by atomic mass is 32.2.